The molecule has 2 aromatic rings. The Bertz CT molecular complexity index is 656. The number of aromatic nitrogens is 2. The average molecular weight is 317 g/mol. The van der Waals surface area contributed by atoms with Crippen molar-refractivity contribution >= 4 is 11.6 Å². The van der Waals surface area contributed by atoms with Crippen molar-refractivity contribution in [1.29, 1.82) is 0 Å². The summed E-state index contributed by atoms with van der Waals surface area (Å²) in [6.07, 6.45) is 2.05. The van der Waals surface area contributed by atoms with Crippen LogP contribution in [0.4, 0.5) is 13.2 Å². The maximum atomic E-state index is 13.9. The molecule has 1 aromatic carbocycles. The van der Waals surface area contributed by atoms with Gasteiger partial charge in [0.1, 0.15) is 23.6 Å². The zero-order chi connectivity index (χ0) is 15.6. The second kappa shape index (κ2) is 5.99. The van der Waals surface area contributed by atoms with Crippen LogP contribution in [0.1, 0.15) is 24.1 Å². The van der Waals surface area contributed by atoms with Gasteiger partial charge in [-0.1, -0.05) is 13.0 Å². The van der Waals surface area contributed by atoms with Crippen LogP contribution in [0.25, 0.3) is 0 Å². The molecule has 1 N–H and O–H groups in total. The van der Waals surface area contributed by atoms with Crippen molar-refractivity contribution < 1.29 is 18.3 Å². The third-order valence-corrected chi connectivity index (χ3v) is 3.83. The first-order valence-electron chi connectivity index (χ1n) is 6.09. The van der Waals surface area contributed by atoms with Gasteiger partial charge in [-0.05, 0) is 6.07 Å². The van der Waals surface area contributed by atoms with Crippen molar-refractivity contribution in [2.75, 3.05) is 5.88 Å². The second-order valence-electron chi connectivity index (χ2n) is 4.66. The molecule has 2 rings (SSSR count). The summed E-state index contributed by atoms with van der Waals surface area (Å²) in [5.74, 6) is -3.86. The van der Waals surface area contributed by atoms with E-state index in [9.17, 15) is 18.3 Å². The molecule has 2 atom stereocenters. The normalized spacial score (nSPS) is 15.5. The van der Waals surface area contributed by atoms with E-state index < -0.39 is 34.9 Å². The maximum Gasteiger partial charge on any atom is 0.163 e. The molecule has 0 aliphatic carbocycles. The molecule has 0 radical (unpaired) electrons. The van der Waals surface area contributed by atoms with Gasteiger partial charge in [0.25, 0.3) is 0 Å². The predicted molar refractivity (Wildman–Crippen MR) is 71.4 cm³/mol. The number of nitrogens with zero attached hydrogens (tertiary/aromatic N) is 2. The molecular weight excluding hydrogens is 305 g/mol. The van der Waals surface area contributed by atoms with Gasteiger partial charge < -0.3 is 5.11 Å². The van der Waals surface area contributed by atoms with Gasteiger partial charge in [-0.15, -0.1) is 11.6 Å². The zero-order valence-corrected chi connectivity index (χ0v) is 11.8. The molecule has 21 heavy (non-hydrogen) atoms. The first-order valence-corrected chi connectivity index (χ1v) is 6.63. The topological polar surface area (TPSA) is 46.0 Å². The number of aliphatic hydroxyl groups is 1. The van der Waals surface area contributed by atoms with Gasteiger partial charge in [0.05, 0.1) is 17.8 Å². The minimum atomic E-state index is -1.94. The van der Waals surface area contributed by atoms with Crippen LogP contribution in [0.2, 0.25) is 0 Å². The molecule has 0 saturated heterocycles. The molecular formula is C14H12ClF3N2O. The maximum absolute atomic E-state index is 13.9. The molecule has 1 aromatic heterocycles. The highest BCUT2D eigenvalue weighted by molar-refractivity contribution is 6.18. The molecule has 0 saturated carbocycles. The number of rotatable bonds is 4. The molecule has 0 amide bonds. The summed E-state index contributed by atoms with van der Waals surface area (Å²) in [7, 11) is 0. The number of hydrogen-bond acceptors (Lipinski definition) is 3. The lowest BCUT2D eigenvalue weighted by molar-refractivity contribution is 0.0299. The molecule has 0 unspecified atom stereocenters. The lowest BCUT2D eigenvalue weighted by atomic mass is 9.81. The van der Waals surface area contributed by atoms with Crippen LogP contribution < -0.4 is 0 Å². The number of hydrogen-bond donors (Lipinski definition) is 1. The van der Waals surface area contributed by atoms with E-state index in [4.69, 9.17) is 11.6 Å². The third-order valence-electron chi connectivity index (χ3n) is 3.42. The summed E-state index contributed by atoms with van der Waals surface area (Å²) in [4.78, 5) is 7.28. The Kier molecular flexibility index (Phi) is 4.49. The van der Waals surface area contributed by atoms with E-state index in [-0.39, 0.29) is 11.3 Å². The lowest BCUT2D eigenvalue weighted by Gasteiger charge is -2.32. The second-order valence-corrected chi connectivity index (χ2v) is 4.93. The first kappa shape index (κ1) is 15.7. The minimum Gasteiger partial charge on any atom is -0.383 e. The quantitative estimate of drug-likeness (QED) is 0.882. The van der Waals surface area contributed by atoms with Gasteiger partial charge in [0, 0.05) is 17.5 Å². The fraction of sp³-hybridized carbons (Fsp3) is 0.286. The molecule has 0 aliphatic heterocycles. The Morgan fingerprint density at radius 2 is 2.00 bits per heavy atom. The fourth-order valence-electron chi connectivity index (χ4n) is 2.13. The Morgan fingerprint density at radius 3 is 2.57 bits per heavy atom. The van der Waals surface area contributed by atoms with E-state index in [1.165, 1.54) is 6.92 Å². The van der Waals surface area contributed by atoms with Crippen molar-refractivity contribution in [3.63, 3.8) is 0 Å². The van der Waals surface area contributed by atoms with Crippen LogP contribution >= 0.6 is 11.6 Å². The van der Waals surface area contributed by atoms with Gasteiger partial charge in [-0.2, -0.15) is 0 Å². The Morgan fingerprint density at radius 1 is 1.29 bits per heavy atom. The highest BCUT2D eigenvalue weighted by Gasteiger charge is 2.40. The Labute approximate surface area is 124 Å². The summed E-state index contributed by atoms with van der Waals surface area (Å²) in [5, 5.41) is 10.7. The average Bonchev–Trinajstić information content (AvgIpc) is 2.46. The highest BCUT2D eigenvalue weighted by atomic mass is 35.5. The van der Waals surface area contributed by atoms with E-state index in [2.05, 4.69) is 9.97 Å². The molecule has 0 bridgehead atoms. The summed E-state index contributed by atoms with van der Waals surface area (Å²) < 4.78 is 40.7. The largest absolute Gasteiger partial charge is 0.383 e. The van der Waals surface area contributed by atoms with Gasteiger partial charge in [-0.25, -0.2) is 23.1 Å². The smallest absolute Gasteiger partial charge is 0.163 e. The molecule has 0 spiro atoms. The van der Waals surface area contributed by atoms with E-state index in [0.29, 0.717) is 6.07 Å². The van der Waals surface area contributed by atoms with E-state index in [1.807, 2.05) is 0 Å². The monoisotopic (exact) mass is 316 g/mol. The minimum absolute atomic E-state index is 0.100. The van der Waals surface area contributed by atoms with Crippen LogP contribution in [0, 0.1) is 17.5 Å². The van der Waals surface area contributed by atoms with E-state index in [0.717, 1.165) is 24.7 Å². The number of alkyl halides is 1. The van der Waals surface area contributed by atoms with Gasteiger partial charge in [-0.3, -0.25) is 0 Å². The van der Waals surface area contributed by atoms with E-state index in [1.54, 1.807) is 0 Å². The van der Waals surface area contributed by atoms with Gasteiger partial charge >= 0.3 is 0 Å². The van der Waals surface area contributed by atoms with Gasteiger partial charge in [0.15, 0.2) is 5.82 Å². The molecule has 3 nitrogen and oxygen atoms in total. The predicted octanol–water partition coefficient (Wildman–Crippen LogP) is 3.12. The fourth-order valence-corrected chi connectivity index (χ4v) is 2.50. The van der Waals surface area contributed by atoms with Crippen molar-refractivity contribution in [2.45, 2.75) is 18.4 Å². The summed E-state index contributed by atoms with van der Waals surface area (Å²) >= 11 is 5.78. The van der Waals surface area contributed by atoms with Crippen molar-refractivity contribution in [3.05, 3.63) is 59.4 Å². The Hall–Kier alpha value is -1.66. The Balaban J connectivity index is 2.53. The van der Waals surface area contributed by atoms with Crippen LogP contribution in [0.3, 0.4) is 0 Å². The van der Waals surface area contributed by atoms with Crippen LogP contribution in [-0.2, 0) is 5.60 Å². The highest BCUT2D eigenvalue weighted by Crippen LogP contribution is 2.39. The third kappa shape index (κ3) is 2.87. The summed E-state index contributed by atoms with van der Waals surface area (Å²) in [5.41, 5.74) is -2.25. The zero-order valence-electron chi connectivity index (χ0n) is 11.0. The molecule has 0 aliphatic rings. The van der Waals surface area contributed by atoms with Crippen LogP contribution in [-0.4, -0.2) is 21.0 Å². The molecule has 7 heteroatoms. The van der Waals surface area contributed by atoms with Crippen molar-refractivity contribution in [2.24, 2.45) is 0 Å². The standard InChI is InChI=1S/C14H12ClF3N2O/c1-8(13-12(18)5-19-7-20-13)14(21,6-15)10-3-2-9(16)4-11(10)17/h2-5,7-8,21H,6H2,1H3/t8-,14-/m1/s1. The number of benzene rings is 1. The number of halogens is 4. The molecule has 1 heterocycles. The van der Waals surface area contributed by atoms with Crippen LogP contribution in [0.5, 0.6) is 0 Å². The van der Waals surface area contributed by atoms with Gasteiger partial charge in [0.2, 0.25) is 0 Å². The molecule has 112 valence electrons. The van der Waals surface area contributed by atoms with Crippen LogP contribution in [0.15, 0.2) is 30.7 Å². The SMILES string of the molecule is C[C@H](c1ncncc1F)[C@](O)(CCl)c1ccc(F)cc1F. The lowest BCUT2D eigenvalue weighted by Crippen LogP contribution is -2.36. The first-order chi connectivity index (χ1) is 9.90. The molecule has 0 fully saturated rings. The van der Waals surface area contributed by atoms with Crippen molar-refractivity contribution in [1.82, 2.24) is 9.97 Å². The van der Waals surface area contributed by atoms with Crippen molar-refractivity contribution in [3.8, 4) is 0 Å². The summed E-state index contributed by atoms with van der Waals surface area (Å²) in [6.45, 7) is 1.45. The van der Waals surface area contributed by atoms with E-state index >= 15 is 0 Å². The summed E-state index contributed by atoms with van der Waals surface area (Å²) in [6, 6.07) is 2.72.